The highest BCUT2D eigenvalue weighted by Crippen LogP contribution is 2.16. The van der Waals surface area contributed by atoms with Crippen molar-refractivity contribution >= 4 is 0 Å². The number of aryl methyl sites for hydroxylation is 1. The van der Waals surface area contributed by atoms with Crippen molar-refractivity contribution < 1.29 is 9.47 Å². The van der Waals surface area contributed by atoms with Crippen molar-refractivity contribution in [2.24, 2.45) is 11.8 Å². The van der Waals surface area contributed by atoms with Crippen LogP contribution in [0.2, 0.25) is 0 Å². The Balaban J connectivity index is 1.81. The van der Waals surface area contributed by atoms with Crippen molar-refractivity contribution in [2.45, 2.75) is 33.7 Å². The van der Waals surface area contributed by atoms with E-state index in [0.29, 0.717) is 18.4 Å². The molecule has 0 aliphatic carbocycles. The van der Waals surface area contributed by atoms with Gasteiger partial charge in [-0.1, -0.05) is 19.9 Å². The van der Waals surface area contributed by atoms with Gasteiger partial charge in [-0.25, -0.2) is 4.98 Å². The van der Waals surface area contributed by atoms with Crippen LogP contribution in [0.4, 0.5) is 0 Å². The van der Waals surface area contributed by atoms with Gasteiger partial charge in [0.1, 0.15) is 0 Å². The molecule has 1 aliphatic rings. The van der Waals surface area contributed by atoms with Gasteiger partial charge in [0.2, 0.25) is 5.88 Å². The van der Waals surface area contributed by atoms with E-state index in [1.54, 1.807) is 0 Å². The topological polar surface area (TPSA) is 43.4 Å². The molecule has 1 fully saturated rings. The third kappa shape index (κ3) is 4.76. The molecule has 0 bridgehead atoms. The Hall–Kier alpha value is -1.13. The van der Waals surface area contributed by atoms with Crippen LogP contribution in [0, 0.1) is 18.8 Å². The molecule has 0 radical (unpaired) electrons. The summed E-state index contributed by atoms with van der Waals surface area (Å²) in [6.45, 7) is 10.7. The van der Waals surface area contributed by atoms with Crippen molar-refractivity contribution in [2.75, 3.05) is 26.4 Å². The first-order valence-electron chi connectivity index (χ1n) is 7.53. The molecule has 20 heavy (non-hydrogen) atoms. The third-order valence-electron chi connectivity index (χ3n) is 3.53. The second-order valence-corrected chi connectivity index (χ2v) is 5.96. The number of ether oxygens (including phenoxy) is 2. The molecule has 1 saturated heterocycles. The summed E-state index contributed by atoms with van der Waals surface area (Å²) >= 11 is 0. The second-order valence-electron chi connectivity index (χ2n) is 5.96. The highest BCUT2D eigenvalue weighted by molar-refractivity contribution is 5.24. The quantitative estimate of drug-likeness (QED) is 0.832. The fourth-order valence-corrected chi connectivity index (χ4v) is 2.25. The molecule has 1 N–H and O–H groups in total. The van der Waals surface area contributed by atoms with Crippen molar-refractivity contribution in [3.63, 3.8) is 0 Å². The average Bonchev–Trinajstić information content (AvgIpc) is 2.91. The summed E-state index contributed by atoms with van der Waals surface area (Å²) in [4.78, 5) is 4.53. The number of hydrogen-bond acceptors (Lipinski definition) is 4. The predicted octanol–water partition coefficient (Wildman–Crippen LogP) is 2.55. The van der Waals surface area contributed by atoms with E-state index < -0.39 is 0 Å². The lowest BCUT2D eigenvalue weighted by atomic mass is 10.1. The maximum atomic E-state index is 5.76. The molecule has 1 aliphatic heterocycles. The zero-order valence-corrected chi connectivity index (χ0v) is 12.8. The highest BCUT2D eigenvalue weighted by atomic mass is 16.5. The molecule has 2 rings (SSSR count). The van der Waals surface area contributed by atoms with E-state index in [9.17, 15) is 0 Å². The van der Waals surface area contributed by atoms with Crippen LogP contribution < -0.4 is 10.1 Å². The molecule has 0 spiro atoms. The molecule has 4 heteroatoms. The van der Waals surface area contributed by atoms with Crippen LogP contribution in [0.15, 0.2) is 12.1 Å². The zero-order chi connectivity index (χ0) is 14.4. The molecule has 112 valence electrons. The van der Waals surface area contributed by atoms with Crippen LogP contribution >= 0.6 is 0 Å². The molecule has 1 aromatic heterocycles. The van der Waals surface area contributed by atoms with Crippen LogP contribution in [0.25, 0.3) is 0 Å². The van der Waals surface area contributed by atoms with Crippen LogP contribution in [0.5, 0.6) is 5.88 Å². The van der Waals surface area contributed by atoms with Crippen molar-refractivity contribution in [3.8, 4) is 5.88 Å². The lowest BCUT2D eigenvalue weighted by Gasteiger charge is -2.12. The first-order valence-corrected chi connectivity index (χ1v) is 7.53. The van der Waals surface area contributed by atoms with Crippen LogP contribution in [0.3, 0.4) is 0 Å². The Morgan fingerprint density at radius 2 is 2.30 bits per heavy atom. The first kappa shape index (κ1) is 15.3. The van der Waals surface area contributed by atoms with Crippen LogP contribution in [-0.4, -0.2) is 31.3 Å². The van der Waals surface area contributed by atoms with Gasteiger partial charge in [0.05, 0.1) is 13.2 Å². The molecule has 0 saturated carbocycles. The molecule has 0 aromatic carbocycles. The largest absolute Gasteiger partial charge is 0.477 e. The number of nitrogens with zero attached hydrogens (tertiary/aromatic N) is 1. The Labute approximate surface area is 121 Å². The van der Waals surface area contributed by atoms with Crippen molar-refractivity contribution in [1.29, 1.82) is 0 Å². The van der Waals surface area contributed by atoms with E-state index in [2.05, 4.69) is 30.2 Å². The third-order valence-corrected chi connectivity index (χ3v) is 3.53. The van der Waals surface area contributed by atoms with Crippen molar-refractivity contribution in [3.05, 3.63) is 23.4 Å². The van der Waals surface area contributed by atoms with E-state index in [0.717, 1.165) is 44.3 Å². The summed E-state index contributed by atoms with van der Waals surface area (Å²) in [5, 5.41) is 3.44. The van der Waals surface area contributed by atoms with Gasteiger partial charge < -0.3 is 14.8 Å². The van der Waals surface area contributed by atoms with E-state index in [-0.39, 0.29) is 0 Å². The number of pyridine rings is 1. The van der Waals surface area contributed by atoms with Gasteiger partial charge in [-0.05, 0) is 31.4 Å². The number of hydrogen-bond donors (Lipinski definition) is 1. The number of nitrogens with one attached hydrogen (secondary N) is 1. The average molecular weight is 278 g/mol. The molecule has 1 atom stereocenters. The molecule has 1 unspecified atom stereocenters. The van der Waals surface area contributed by atoms with Gasteiger partial charge in [0.25, 0.3) is 0 Å². The minimum atomic E-state index is 0.518. The lowest BCUT2D eigenvalue weighted by Crippen LogP contribution is -2.19. The Kier molecular flexibility index (Phi) is 5.80. The monoisotopic (exact) mass is 278 g/mol. The smallest absolute Gasteiger partial charge is 0.213 e. The van der Waals surface area contributed by atoms with Gasteiger partial charge in [0, 0.05) is 30.8 Å². The predicted molar refractivity (Wildman–Crippen MR) is 79.9 cm³/mol. The fraction of sp³-hybridized carbons (Fsp3) is 0.688. The van der Waals surface area contributed by atoms with Gasteiger partial charge in [-0.3, -0.25) is 0 Å². The molecular weight excluding hydrogens is 252 g/mol. The van der Waals surface area contributed by atoms with E-state index >= 15 is 0 Å². The summed E-state index contributed by atoms with van der Waals surface area (Å²) < 4.78 is 11.1. The Bertz CT molecular complexity index is 415. The summed E-state index contributed by atoms with van der Waals surface area (Å²) in [5.74, 6) is 1.91. The summed E-state index contributed by atoms with van der Waals surface area (Å²) in [6.07, 6.45) is 1.09. The number of aromatic nitrogens is 1. The molecular formula is C16H26N2O2. The van der Waals surface area contributed by atoms with Crippen molar-refractivity contribution in [1.82, 2.24) is 10.3 Å². The molecule has 4 nitrogen and oxygen atoms in total. The number of rotatable bonds is 7. The Morgan fingerprint density at radius 3 is 2.95 bits per heavy atom. The molecule has 0 amide bonds. The minimum Gasteiger partial charge on any atom is -0.477 e. The van der Waals surface area contributed by atoms with Gasteiger partial charge in [-0.2, -0.15) is 0 Å². The van der Waals surface area contributed by atoms with Gasteiger partial charge in [0.15, 0.2) is 0 Å². The first-order chi connectivity index (χ1) is 9.65. The van der Waals surface area contributed by atoms with Gasteiger partial charge in [-0.15, -0.1) is 0 Å². The zero-order valence-electron chi connectivity index (χ0n) is 12.8. The standard InChI is InChI=1S/C16H26N2O2/c1-12(2)8-17-9-15-4-5-16(18-13(15)3)20-11-14-6-7-19-10-14/h4-5,12,14,17H,6-11H2,1-3H3. The minimum absolute atomic E-state index is 0.518. The summed E-state index contributed by atoms with van der Waals surface area (Å²) in [6, 6.07) is 4.07. The molecule has 1 aromatic rings. The fourth-order valence-electron chi connectivity index (χ4n) is 2.25. The lowest BCUT2D eigenvalue weighted by molar-refractivity contribution is 0.165. The second kappa shape index (κ2) is 7.60. The SMILES string of the molecule is Cc1nc(OCC2CCOC2)ccc1CNCC(C)C. The summed E-state index contributed by atoms with van der Waals surface area (Å²) in [5.41, 5.74) is 2.28. The summed E-state index contributed by atoms with van der Waals surface area (Å²) in [7, 11) is 0. The molecule has 2 heterocycles. The van der Waals surface area contributed by atoms with E-state index in [4.69, 9.17) is 9.47 Å². The normalized spacial score (nSPS) is 18.7. The highest BCUT2D eigenvalue weighted by Gasteiger charge is 2.16. The van der Waals surface area contributed by atoms with Gasteiger partial charge >= 0.3 is 0 Å². The van der Waals surface area contributed by atoms with E-state index in [1.165, 1.54) is 5.56 Å². The maximum absolute atomic E-state index is 5.76. The van der Waals surface area contributed by atoms with Crippen LogP contribution in [0.1, 0.15) is 31.5 Å². The Morgan fingerprint density at radius 1 is 1.45 bits per heavy atom. The maximum Gasteiger partial charge on any atom is 0.213 e. The van der Waals surface area contributed by atoms with Crippen LogP contribution in [-0.2, 0) is 11.3 Å². The van der Waals surface area contributed by atoms with E-state index in [1.807, 2.05) is 13.0 Å².